The van der Waals surface area contributed by atoms with Crippen molar-refractivity contribution in [2.75, 3.05) is 10.6 Å². The molecule has 2 N–H and O–H groups in total. The van der Waals surface area contributed by atoms with E-state index in [1.807, 2.05) is 84.9 Å². The smallest absolute Gasteiger partial charge is 0.255 e. The number of rotatable bonds is 10. The molecule has 60 heavy (non-hydrogen) atoms. The summed E-state index contributed by atoms with van der Waals surface area (Å²) in [5, 5.41) is 16.7. The molecule has 11 heteroatoms. The molecule has 4 aromatic heterocycles. The second-order valence-electron chi connectivity index (χ2n) is 16.6. The number of anilines is 2. The molecule has 0 bridgehead atoms. The van der Waals surface area contributed by atoms with Crippen molar-refractivity contribution < 1.29 is 9.59 Å². The maximum Gasteiger partial charge on any atom is 0.255 e. The Morgan fingerprint density at radius 3 is 1.45 bits per heavy atom. The molecule has 0 spiro atoms. The van der Waals surface area contributed by atoms with Crippen LogP contribution in [-0.2, 0) is 0 Å². The molecule has 0 radical (unpaired) electrons. The van der Waals surface area contributed by atoms with Crippen molar-refractivity contribution in [1.82, 2.24) is 34.5 Å². The maximum atomic E-state index is 12.7. The summed E-state index contributed by atoms with van der Waals surface area (Å²) in [6, 6.07) is 35.2. The summed E-state index contributed by atoms with van der Waals surface area (Å²) in [7, 11) is 0. The van der Waals surface area contributed by atoms with Gasteiger partial charge in [-0.05, 0) is 154 Å². The number of pyridine rings is 1. The van der Waals surface area contributed by atoms with E-state index in [0.29, 0.717) is 40.3 Å². The lowest BCUT2D eigenvalue weighted by molar-refractivity contribution is 0.101. The molecule has 4 aliphatic carbocycles. The lowest BCUT2D eigenvalue weighted by Gasteiger charge is -2.09. The minimum Gasteiger partial charge on any atom is -0.322 e. The number of aromatic nitrogens is 7. The van der Waals surface area contributed by atoms with Crippen molar-refractivity contribution in [2.24, 2.45) is 0 Å². The summed E-state index contributed by atoms with van der Waals surface area (Å²) < 4.78 is 4.20. The van der Waals surface area contributed by atoms with Crippen LogP contribution in [0.4, 0.5) is 11.4 Å². The summed E-state index contributed by atoms with van der Waals surface area (Å²) in [6.07, 6.45) is 15.1. The Kier molecular flexibility index (Phi) is 9.01. The standard InChI is InChI=1S/C25H22N4O.C24H21N5O/c30-25(19-7-12-22-18(14-19)2-1-13-26-22)27-20-8-10-21(11-9-20)29-24(17-5-6-17)15-23(28-29)16-3-4-16;30-24(17-5-10-20-22(13-17)26-12-11-25-20)27-18-6-8-19(9-7-18)29-23(16-3-4-16)14-21(28-29)15-1-2-15/h1-2,7-17H,3-6H2,(H,27,30);5-16H,1-4H2,(H,27,30). The predicted octanol–water partition coefficient (Wildman–Crippen LogP) is 10.3. The number of amides is 2. The van der Waals surface area contributed by atoms with Gasteiger partial charge in [-0.3, -0.25) is 24.5 Å². The lowest BCUT2D eigenvalue weighted by atomic mass is 10.1. The van der Waals surface area contributed by atoms with Crippen LogP contribution >= 0.6 is 0 Å². The normalized spacial score (nSPS) is 16.0. The molecule has 4 saturated carbocycles. The molecular formula is C49H43N9O2. The summed E-state index contributed by atoms with van der Waals surface area (Å²) in [5.74, 6) is 2.30. The Morgan fingerprint density at radius 2 is 0.933 bits per heavy atom. The fourth-order valence-corrected chi connectivity index (χ4v) is 7.84. The van der Waals surface area contributed by atoms with Gasteiger partial charge in [0.1, 0.15) is 0 Å². The van der Waals surface area contributed by atoms with E-state index in [-0.39, 0.29) is 11.8 Å². The van der Waals surface area contributed by atoms with Crippen molar-refractivity contribution in [1.29, 1.82) is 0 Å². The number of benzene rings is 4. The third-order valence-corrected chi connectivity index (χ3v) is 11.8. The predicted molar refractivity (Wildman–Crippen MR) is 232 cm³/mol. The number of carbonyl (C=O) groups excluding carboxylic acids is 2. The van der Waals surface area contributed by atoms with E-state index < -0.39 is 0 Å². The number of nitrogens with zero attached hydrogens (tertiary/aromatic N) is 7. The fourth-order valence-electron chi connectivity index (χ4n) is 7.84. The quantitative estimate of drug-likeness (QED) is 0.141. The van der Waals surface area contributed by atoms with Crippen LogP contribution < -0.4 is 10.6 Å². The monoisotopic (exact) mass is 789 g/mol. The summed E-state index contributed by atoms with van der Waals surface area (Å²) in [6.45, 7) is 0. The molecule has 4 aliphatic rings. The zero-order chi connectivity index (χ0) is 40.2. The van der Waals surface area contributed by atoms with Crippen molar-refractivity contribution >= 4 is 45.1 Å². The van der Waals surface area contributed by atoms with Crippen LogP contribution in [0.5, 0.6) is 0 Å². The minimum atomic E-state index is -0.163. The topological polar surface area (TPSA) is 133 Å². The average molecular weight is 790 g/mol. The van der Waals surface area contributed by atoms with E-state index in [0.717, 1.165) is 39.2 Å². The van der Waals surface area contributed by atoms with Crippen molar-refractivity contribution in [3.63, 3.8) is 0 Å². The third-order valence-electron chi connectivity index (χ3n) is 11.8. The first-order valence-electron chi connectivity index (χ1n) is 21.1. The van der Waals surface area contributed by atoms with Crippen molar-refractivity contribution in [2.45, 2.75) is 75.0 Å². The van der Waals surface area contributed by atoms with E-state index in [4.69, 9.17) is 10.2 Å². The van der Waals surface area contributed by atoms with E-state index in [1.54, 1.807) is 30.7 Å². The number of hydrogen-bond acceptors (Lipinski definition) is 7. The van der Waals surface area contributed by atoms with Gasteiger partial charge < -0.3 is 10.6 Å². The largest absolute Gasteiger partial charge is 0.322 e. The first-order chi connectivity index (χ1) is 29.5. The lowest BCUT2D eigenvalue weighted by Crippen LogP contribution is -2.12. The molecule has 4 heterocycles. The molecule has 0 unspecified atom stereocenters. The van der Waals surface area contributed by atoms with Gasteiger partial charge in [0.2, 0.25) is 0 Å². The molecule has 8 aromatic rings. The van der Waals surface area contributed by atoms with E-state index in [9.17, 15) is 9.59 Å². The molecule has 0 atom stereocenters. The molecule has 296 valence electrons. The van der Waals surface area contributed by atoms with Gasteiger partial charge in [-0.15, -0.1) is 0 Å². The Labute approximate surface area is 346 Å². The number of carbonyl (C=O) groups is 2. The Bertz CT molecular complexity index is 2700. The Morgan fingerprint density at radius 1 is 0.467 bits per heavy atom. The Hall–Kier alpha value is -7.01. The van der Waals surface area contributed by atoms with Gasteiger partial charge in [0.25, 0.3) is 11.8 Å². The van der Waals surface area contributed by atoms with E-state index >= 15 is 0 Å². The van der Waals surface area contributed by atoms with Gasteiger partial charge in [0.05, 0.1) is 39.3 Å². The van der Waals surface area contributed by atoms with Crippen LogP contribution in [0.2, 0.25) is 0 Å². The molecule has 4 fully saturated rings. The summed E-state index contributed by atoms with van der Waals surface area (Å²) in [5.41, 5.74) is 12.3. The summed E-state index contributed by atoms with van der Waals surface area (Å²) >= 11 is 0. The molecule has 2 amide bonds. The maximum absolute atomic E-state index is 12.7. The van der Waals surface area contributed by atoms with Crippen molar-refractivity contribution in [3.8, 4) is 11.4 Å². The van der Waals surface area contributed by atoms with Crippen LogP contribution in [0.1, 0.15) is 119 Å². The van der Waals surface area contributed by atoms with Gasteiger partial charge in [0, 0.05) is 81.5 Å². The highest BCUT2D eigenvalue weighted by Crippen LogP contribution is 2.46. The number of fused-ring (bicyclic) bond motifs is 2. The first-order valence-corrected chi connectivity index (χ1v) is 21.1. The van der Waals surface area contributed by atoms with Crippen LogP contribution in [0, 0.1) is 0 Å². The molecule has 12 rings (SSSR count). The molecular weight excluding hydrogens is 747 g/mol. The second-order valence-corrected chi connectivity index (χ2v) is 16.6. The van der Waals surface area contributed by atoms with Crippen LogP contribution in [-0.4, -0.2) is 46.3 Å². The van der Waals surface area contributed by atoms with Gasteiger partial charge in [0.15, 0.2) is 0 Å². The third kappa shape index (κ3) is 7.66. The highest BCUT2D eigenvalue weighted by molar-refractivity contribution is 6.06. The van der Waals surface area contributed by atoms with Gasteiger partial charge in [-0.2, -0.15) is 10.2 Å². The van der Waals surface area contributed by atoms with Crippen LogP contribution in [0.15, 0.2) is 128 Å². The zero-order valence-corrected chi connectivity index (χ0v) is 33.0. The molecule has 0 saturated heterocycles. The number of hydrogen-bond donors (Lipinski definition) is 2. The molecule has 0 aliphatic heterocycles. The second kappa shape index (κ2) is 15.0. The van der Waals surface area contributed by atoms with Crippen LogP contribution in [0.25, 0.3) is 33.3 Å². The highest BCUT2D eigenvalue weighted by atomic mass is 16.2. The van der Waals surface area contributed by atoms with Gasteiger partial charge >= 0.3 is 0 Å². The zero-order valence-electron chi connectivity index (χ0n) is 33.0. The van der Waals surface area contributed by atoms with Gasteiger partial charge in [-0.25, -0.2) is 9.36 Å². The van der Waals surface area contributed by atoms with E-state index in [2.05, 4.69) is 47.1 Å². The van der Waals surface area contributed by atoms with Gasteiger partial charge in [-0.1, -0.05) is 6.07 Å². The van der Waals surface area contributed by atoms with Crippen LogP contribution in [0.3, 0.4) is 0 Å². The molecule has 4 aromatic carbocycles. The first kappa shape index (κ1) is 36.1. The minimum absolute atomic E-state index is 0.123. The van der Waals surface area contributed by atoms with Crippen molar-refractivity contribution in [3.05, 3.63) is 162 Å². The van der Waals surface area contributed by atoms with E-state index in [1.165, 1.54) is 74.1 Å². The Balaban J connectivity index is 0.000000136. The molecule has 11 nitrogen and oxygen atoms in total. The summed E-state index contributed by atoms with van der Waals surface area (Å²) in [4.78, 5) is 38.2. The number of nitrogens with one attached hydrogen (secondary N) is 2. The highest BCUT2D eigenvalue weighted by Gasteiger charge is 2.34. The average Bonchev–Trinajstić information content (AvgIpc) is 4.07. The SMILES string of the molecule is O=C(Nc1ccc(-n2nc(C3CC3)cc2C2CC2)cc1)c1ccc2ncccc2c1.O=C(Nc1ccc(-n2nc(C3CC3)cc2C2CC2)cc1)c1ccc2nccnc2c1. The fraction of sp³-hybridized carbons (Fsp3) is 0.245.